The standard InChI is InChI=1S/C34H55N2O12PSi.C29H51N5O11P2.C26H48N3O10PSi.CH5N/c1-10-46-49(7,41)22-27(45-21-26(38)19-37)28-29(48-50(8,9)34(3,4)5)30(44-17-16-42-6)32(47-28)35-18-24(2)31(39)36(33(35)40)23-43-20-25-14-12-11-13-15-25;1-11-43-47(10,38)18-22(41-17-23(35)31-8)24-25(45-46(42-13-12-30-7)34(19(2)3)20(4)5)26(40-15-14-39-9)28(44-24)33-16-21(6)27(36)32-29(33)37;1-11-37-40(8,33)16-18(36-15-19(30)27-6)20-21(39-41(9,10)26(3,4)5)22(35-13-12-34-7)24(38-20)29-14-17(2)23(31)28-25(29)32;1-2/h11-15,18,27-30,32,37H,10,16-17,19-23H2,1-9H3;16,19-20,22,24-26,28H,11-15,17-18H2,1-6,8-10H3,(H,31,35)(H,32,36,37);14,18,20-22,24H,11-13,15-16H2,1-10H3,(H,27,30)(H,28,31,32);2H2,1H3/t27-,28+,29+,30+,32+,49?;22-,24+,25+,26+,28+,46?,47?;18-,20+,21+,22+,24+,40?;/m000./s1. The molecule has 0 spiro atoms. The molecule has 0 saturated carbocycles. The molecule has 19 atom stereocenters. The summed E-state index contributed by atoms with van der Waals surface area (Å²) in [6.45, 7) is 50.0. The number of carbonyl (C=O) groups excluding carboxylic acids is 3. The van der Waals surface area contributed by atoms with Crippen molar-refractivity contribution in [3.8, 4) is 0 Å². The van der Waals surface area contributed by atoms with Crippen molar-refractivity contribution in [2.45, 2.75) is 264 Å². The van der Waals surface area contributed by atoms with Gasteiger partial charge in [-0.3, -0.25) is 66.1 Å². The first-order valence-electron chi connectivity index (χ1n) is 46.7. The number of amides is 2. The van der Waals surface area contributed by atoms with Crippen molar-refractivity contribution in [3.63, 3.8) is 0 Å². The Kier molecular flexibility index (Phi) is 53.9. The highest BCUT2D eigenvalue weighted by atomic mass is 31.2. The predicted octanol–water partition coefficient (Wildman–Crippen LogP) is 8.03. The number of aliphatic hydroxyl groups excluding tert-OH is 1. The van der Waals surface area contributed by atoms with E-state index in [0.29, 0.717) is 5.56 Å². The second-order valence-corrected chi connectivity index (χ2v) is 56.2. The number of aryl methyl sites for hydroxylation is 3. The van der Waals surface area contributed by atoms with Gasteiger partial charge in [0.25, 0.3) is 25.2 Å². The van der Waals surface area contributed by atoms with Crippen molar-refractivity contribution in [2.24, 2.45) is 5.73 Å². The zero-order valence-corrected chi connectivity index (χ0v) is 92.7. The monoisotopic (exact) mass is 2100 g/mol. The van der Waals surface area contributed by atoms with Gasteiger partial charge >= 0.3 is 17.1 Å². The summed E-state index contributed by atoms with van der Waals surface area (Å²) in [5, 5.41) is 14.0. The minimum absolute atomic E-state index is 0.0444. The number of benzene rings is 1. The van der Waals surface area contributed by atoms with Crippen LogP contribution in [0.25, 0.3) is 4.85 Å². The van der Waals surface area contributed by atoms with Crippen molar-refractivity contribution in [1.29, 1.82) is 0 Å². The average molecular weight is 2100 g/mol. The maximum absolute atomic E-state index is 14.1. The van der Waals surface area contributed by atoms with Crippen LogP contribution in [0.15, 0.2) is 77.7 Å². The molecule has 4 aromatic rings. The van der Waals surface area contributed by atoms with Gasteiger partial charge in [-0.25, -0.2) is 30.2 Å². The third kappa shape index (κ3) is 38.0. The molecule has 3 aromatic heterocycles. The van der Waals surface area contributed by atoms with Crippen LogP contribution < -0.4 is 50.1 Å². The fourth-order valence-electron chi connectivity index (χ4n) is 14.6. The number of aromatic nitrogens is 6. The van der Waals surface area contributed by atoms with Crippen molar-refractivity contribution in [3.05, 3.63) is 145 Å². The molecule has 4 unspecified atom stereocenters. The summed E-state index contributed by atoms with van der Waals surface area (Å²) in [6.07, 6.45) is -11.1. The van der Waals surface area contributed by atoms with Gasteiger partial charge in [0.1, 0.15) is 94.7 Å². The van der Waals surface area contributed by atoms with Gasteiger partial charge in [0, 0.05) is 103 Å². The minimum Gasteiger partial charge on any atom is -0.408 e. The van der Waals surface area contributed by atoms with E-state index in [9.17, 15) is 62.0 Å². The average Bonchev–Trinajstić information content (AvgIpc) is 1.62. The Morgan fingerprint density at radius 1 is 0.564 bits per heavy atom. The SMILES string of the molecule is CCOP(C)(=O)C[C@H](OCC(=O)CO)[C@H]1O[C@@H](n2cc(C)c(=O)n(COCc3ccccc3)c2=O)[C@H](OCCOC)[C@@H]1O[Si](C)(C)C(C)(C)C.CCOP(C)(=O)C[C@H](OCC(=O)NC)[C@H]1O[C@@H](n2cc(C)c(=O)[nH]c2=O)[C@H](OCCOC)[C@@H]1O[Si](C)(C)C(C)(C)C.CN.[C-]#[N+]CCOP(O[C@H]1[C@@H](OCCOC)[C@H](n2cc(C)c(=O)[nH]c2=O)O[C@@H]1[C@H](CP(C)(=O)OCC)OCC(=O)NC)N(C(C)C)C(C)C. The van der Waals surface area contributed by atoms with Crippen LogP contribution in [0.1, 0.15) is 131 Å². The number of aliphatic hydroxyl groups is 1. The van der Waals surface area contributed by atoms with E-state index in [2.05, 4.69) is 98.9 Å². The number of Topliss-reactive ketones (excluding diaryl/α,β-unsaturated/α-hetero) is 1. The molecule has 7 N–H and O–H groups in total. The van der Waals surface area contributed by atoms with E-state index < -0.39 is 204 Å². The Morgan fingerprint density at radius 3 is 1.28 bits per heavy atom. The summed E-state index contributed by atoms with van der Waals surface area (Å²) in [6, 6.07) is 9.28. The smallest absolute Gasteiger partial charge is 0.335 e. The number of nitrogens with zero attached hydrogens (tertiary/aromatic N) is 6. The second kappa shape index (κ2) is 59.7. The van der Waals surface area contributed by atoms with Crippen LogP contribution in [0.2, 0.25) is 36.3 Å². The molecule has 3 saturated heterocycles. The van der Waals surface area contributed by atoms with E-state index in [-0.39, 0.29) is 150 Å². The number of hydrogen-bond donors (Lipinski definition) is 6. The first-order valence-corrected chi connectivity index (χ1v) is 60.4. The first kappa shape index (κ1) is 126. The lowest BCUT2D eigenvalue weighted by atomic mass is 10.1. The molecule has 3 aliphatic rings. The molecule has 3 fully saturated rings. The Morgan fingerprint density at radius 2 is 0.929 bits per heavy atom. The fraction of sp³-hybridized carbons (Fsp3) is 0.756. The van der Waals surface area contributed by atoms with E-state index in [1.807, 2.05) is 62.7 Å². The highest BCUT2D eigenvalue weighted by Crippen LogP contribution is 2.55. The van der Waals surface area contributed by atoms with Crippen molar-refractivity contribution in [2.75, 3.05) is 180 Å². The molecule has 7 rings (SSSR count). The van der Waals surface area contributed by atoms with E-state index in [0.717, 1.165) is 10.1 Å². The largest absolute Gasteiger partial charge is 0.408 e. The number of ketones is 1. The molecule has 3 aliphatic heterocycles. The first-order chi connectivity index (χ1) is 65.6. The Bertz CT molecular complexity index is 5040. The molecular weight excluding hydrogens is 1940 g/mol. The van der Waals surface area contributed by atoms with Gasteiger partial charge in [-0.1, -0.05) is 71.9 Å². The number of aromatic amines is 2. The summed E-state index contributed by atoms with van der Waals surface area (Å²) < 4.78 is 169. The van der Waals surface area contributed by atoms with Crippen molar-refractivity contribution < 1.29 is 126 Å². The summed E-state index contributed by atoms with van der Waals surface area (Å²) in [4.78, 5) is 123. The molecule has 0 radical (unpaired) electrons. The number of ether oxygens (including phenoxy) is 13. The van der Waals surface area contributed by atoms with Crippen LogP contribution in [0, 0.1) is 27.3 Å². The molecule has 1 aromatic carbocycles. The van der Waals surface area contributed by atoms with Gasteiger partial charge in [0.15, 0.2) is 41.1 Å². The third-order valence-electron chi connectivity index (χ3n) is 23.5. The normalized spacial score (nSPS) is 22.2. The molecule has 800 valence electrons. The van der Waals surface area contributed by atoms with Crippen LogP contribution in [-0.2, 0) is 134 Å². The number of likely N-dealkylation sites (N-methyl/N-ethyl adjacent to an activating group) is 2. The lowest BCUT2D eigenvalue weighted by Crippen LogP contribution is -2.53. The Balaban J connectivity index is 0.000000436. The second-order valence-electron chi connectivity index (χ2n) is 37.3. The van der Waals surface area contributed by atoms with Gasteiger partial charge in [-0.2, -0.15) is 0 Å². The Labute approximate surface area is 825 Å². The van der Waals surface area contributed by atoms with Gasteiger partial charge in [0.05, 0.1) is 103 Å². The molecule has 50 heteroatoms. The quantitative estimate of drug-likeness (QED) is 0.0105. The van der Waals surface area contributed by atoms with Crippen LogP contribution >= 0.6 is 30.6 Å². The minimum atomic E-state index is -3.30. The Hall–Kier alpha value is -6.01. The molecule has 140 heavy (non-hydrogen) atoms. The van der Waals surface area contributed by atoms with Crippen LogP contribution in [0.5, 0.6) is 0 Å². The van der Waals surface area contributed by atoms with E-state index in [1.165, 1.54) is 87.6 Å². The number of methoxy groups -OCH3 is 3. The van der Waals surface area contributed by atoms with Gasteiger partial charge in [-0.05, 0) is 118 Å². The molecule has 0 bridgehead atoms. The maximum Gasteiger partial charge on any atom is 0.335 e. The molecule has 6 heterocycles. The van der Waals surface area contributed by atoms with E-state index in [4.69, 9.17) is 99.6 Å². The van der Waals surface area contributed by atoms with E-state index in [1.54, 1.807) is 48.7 Å². The van der Waals surface area contributed by atoms with Gasteiger partial charge in [0.2, 0.25) is 40.5 Å². The van der Waals surface area contributed by atoms with Crippen LogP contribution in [0.4, 0.5) is 0 Å². The van der Waals surface area contributed by atoms with Crippen molar-refractivity contribution in [1.82, 2.24) is 43.5 Å². The fourth-order valence-corrected chi connectivity index (χ4v) is 23.8. The molecule has 0 aliphatic carbocycles. The lowest BCUT2D eigenvalue weighted by Gasteiger charge is -2.41. The number of carbonyl (C=O) groups is 3. The van der Waals surface area contributed by atoms with Crippen molar-refractivity contribution >= 4 is 64.9 Å². The number of H-pyrrole nitrogens is 2. The summed E-state index contributed by atoms with van der Waals surface area (Å²) in [5.74, 6) is -1.40. The summed E-state index contributed by atoms with van der Waals surface area (Å²) in [5.41, 5.74) is 2.47. The van der Waals surface area contributed by atoms with Crippen LogP contribution in [0.3, 0.4) is 0 Å². The highest BCUT2D eigenvalue weighted by Gasteiger charge is 2.59. The molecular formula is C90H159N11O33P4Si2. The highest BCUT2D eigenvalue weighted by molar-refractivity contribution is 7.58. The maximum atomic E-state index is 14.1. The predicted molar refractivity (Wildman–Crippen MR) is 535 cm³/mol. The third-order valence-corrected chi connectivity index (χ3v) is 40.1. The topological polar surface area (TPSA) is 519 Å². The van der Waals surface area contributed by atoms with Gasteiger partial charge in [-0.15, -0.1) is 0 Å². The molecule has 2 amide bonds. The van der Waals surface area contributed by atoms with E-state index >= 15 is 0 Å². The lowest BCUT2D eigenvalue weighted by molar-refractivity contribution is -0.136. The number of nitrogens with one attached hydrogen (secondary N) is 4. The number of rotatable bonds is 56. The zero-order valence-electron chi connectivity index (χ0n) is 87.1. The van der Waals surface area contributed by atoms with Crippen LogP contribution in [-0.4, -0.2) is 338 Å². The number of hydrogen-bond acceptors (Lipinski definition) is 35. The zero-order chi connectivity index (χ0) is 106. The summed E-state index contributed by atoms with van der Waals surface area (Å²) >= 11 is 0. The van der Waals surface area contributed by atoms with Gasteiger partial charge < -0.3 is 119 Å². The summed E-state index contributed by atoms with van der Waals surface area (Å²) in [7, 11) is -7.76. The molecule has 44 nitrogen and oxygen atoms in total. The number of nitrogens with two attached hydrogens (primary N) is 1.